The Bertz CT molecular complexity index is 2750. The van der Waals surface area contributed by atoms with Crippen LogP contribution in [0.5, 0.6) is 0 Å². The van der Waals surface area contributed by atoms with Gasteiger partial charge in [-0.15, -0.1) is 0 Å². The van der Waals surface area contributed by atoms with Crippen LogP contribution in [0.3, 0.4) is 0 Å². The maximum atomic E-state index is 3.88. The largest absolute Gasteiger partial charge is 0.379 e. The molecule has 0 saturated carbocycles. The maximum Gasteiger partial charge on any atom is 0.0485 e. The molecule has 0 heterocycles. The number of rotatable bonds is 12. The van der Waals surface area contributed by atoms with Gasteiger partial charge in [-0.2, -0.15) is 0 Å². The second-order valence-corrected chi connectivity index (χ2v) is 17.4. The van der Waals surface area contributed by atoms with E-state index < -0.39 is 0 Å². The van der Waals surface area contributed by atoms with Gasteiger partial charge in [-0.05, 0) is 147 Å². The topological polar surface area (TPSA) is 15.3 Å². The smallest absolute Gasteiger partial charge is 0.0485 e. The average Bonchev–Trinajstić information content (AvgIpc) is 3.54. The Kier molecular flexibility index (Phi) is 11.5. The van der Waals surface area contributed by atoms with Crippen molar-refractivity contribution < 1.29 is 0 Å². The summed E-state index contributed by atoms with van der Waals surface area (Å²) in [5.74, 6) is 0.622. The van der Waals surface area contributed by atoms with Crippen molar-refractivity contribution in [3.63, 3.8) is 0 Å². The van der Waals surface area contributed by atoms with Crippen molar-refractivity contribution in [2.75, 3.05) is 10.2 Å². The van der Waals surface area contributed by atoms with Crippen LogP contribution in [0.1, 0.15) is 69.2 Å². The summed E-state index contributed by atoms with van der Waals surface area (Å²) in [6.45, 7) is 13.1. The molecule has 0 spiro atoms. The first kappa shape index (κ1) is 40.5. The number of benzene rings is 6. The molecule has 6 aromatic carbocycles. The van der Waals surface area contributed by atoms with E-state index in [0.29, 0.717) is 5.92 Å². The van der Waals surface area contributed by atoms with E-state index in [1.165, 1.54) is 66.8 Å². The van der Waals surface area contributed by atoms with Crippen molar-refractivity contribution in [2.24, 2.45) is 5.92 Å². The molecule has 1 N–H and O–H groups in total. The summed E-state index contributed by atoms with van der Waals surface area (Å²) in [5.41, 5.74) is 19.9. The summed E-state index contributed by atoms with van der Waals surface area (Å²) in [6.07, 6.45) is 22.9. The number of hydrogen-bond donors (Lipinski definition) is 1. The third kappa shape index (κ3) is 8.26. The van der Waals surface area contributed by atoms with Gasteiger partial charge in [-0.25, -0.2) is 0 Å². The number of fused-ring (bicyclic) bond motifs is 2. The van der Waals surface area contributed by atoms with Crippen molar-refractivity contribution >= 4 is 39.5 Å². The third-order valence-electron chi connectivity index (χ3n) is 12.9. The SMILES string of the molecule is C=C/C=C\C(=C/CC)c1ccc(N(c2ccc(-c3ccccc3)cc2)c2ccc(-c3ccc4c(c3)C(C)(C)C3=C4C=CC(Nc4ccc(C5=CCC(C)C=C5)cc4)C3)cc2)cc1. The lowest BCUT2D eigenvalue weighted by molar-refractivity contribution is 0.596. The average molecular weight is 805 g/mol. The highest BCUT2D eigenvalue weighted by Gasteiger charge is 2.39. The highest BCUT2D eigenvalue weighted by atomic mass is 15.1. The Morgan fingerprint density at radius 3 is 1.95 bits per heavy atom. The first-order valence-corrected chi connectivity index (χ1v) is 22.3. The molecule has 0 fully saturated rings. The highest BCUT2D eigenvalue weighted by Crippen LogP contribution is 2.51. The number of allylic oxidation sites excluding steroid dienone is 11. The van der Waals surface area contributed by atoms with Crippen molar-refractivity contribution in [3.8, 4) is 22.3 Å². The van der Waals surface area contributed by atoms with E-state index in [1.807, 2.05) is 12.2 Å². The zero-order valence-electron chi connectivity index (χ0n) is 36.5. The molecule has 62 heavy (non-hydrogen) atoms. The lowest BCUT2D eigenvalue weighted by Gasteiger charge is -2.30. The molecule has 6 aromatic rings. The van der Waals surface area contributed by atoms with Crippen LogP contribution in [-0.4, -0.2) is 6.04 Å². The normalized spacial score (nSPS) is 17.7. The molecule has 2 heteroatoms. The van der Waals surface area contributed by atoms with Gasteiger partial charge in [-0.1, -0.05) is 180 Å². The summed E-state index contributed by atoms with van der Waals surface area (Å²) in [5, 5.41) is 3.83. The number of hydrogen-bond acceptors (Lipinski definition) is 2. The molecule has 0 bridgehead atoms. The molecule has 0 amide bonds. The Balaban J connectivity index is 0.955. The standard InChI is InChI=1S/C60H56N2/c1-6-8-13-43(12-7-2)47-22-32-53(33-23-47)62(54-34-24-48(25-35-54)44-14-10-9-11-15-44)55-36-26-49(27-37-55)50-28-38-56-57-39-31-52(41-59(57)60(4,5)58(56)40-50)61-51-29-20-46(21-30-51)45-18-16-42(3)17-19-45/h6,8-16,18-40,42,52,61H,1,7,17,41H2,2-5H3/b13-8-,43-12+. The van der Waals surface area contributed by atoms with Gasteiger partial charge in [0.05, 0.1) is 0 Å². The van der Waals surface area contributed by atoms with Crippen LogP contribution in [0.4, 0.5) is 22.7 Å². The van der Waals surface area contributed by atoms with Crippen LogP contribution in [0, 0.1) is 5.92 Å². The fourth-order valence-electron chi connectivity index (χ4n) is 9.37. The van der Waals surface area contributed by atoms with Gasteiger partial charge in [-0.3, -0.25) is 0 Å². The molecule has 3 aliphatic carbocycles. The third-order valence-corrected chi connectivity index (χ3v) is 12.9. The molecule has 2 unspecified atom stereocenters. The van der Waals surface area contributed by atoms with E-state index in [-0.39, 0.29) is 11.5 Å². The van der Waals surface area contributed by atoms with Crippen LogP contribution < -0.4 is 10.2 Å². The Hall–Kier alpha value is -6.90. The minimum Gasteiger partial charge on any atom is -0.379 e. The quantitative estimate of drug-likeness (QED) is 0.124. The minimum atomic E-state index is -0.0748. The molecule has 9 rings (SSSR count). The summed E-state index contributed by atoms with van der Waals surface area (Å²) < 4.78 is 0. The van der Waals surface area contributed by atoms with Gasteiger partial charge in [0.15, 0.2) is 0 Å². The summed E-state index contributed by atoms with van der Waals surface area (Å²) in [7, 11) is 0. The maximum absolute atomic E-state index is 3.88. The summed E-state index contributed by atoms with van der Waals surface area (Å²) in [4.78, 5) is 2.35. The number of anilines is 4. The van der Waals surface area contributed by atoms with Crippen LogP contribution in [0.15, 0.2) is 212 Å². The van der Waals surface area contributed by atoms with E-state index in [4.69, 9.17) is 0 Å². The van der Waals surface area contributed by atoms with Crippen molar-refractivity contribution in [2.45, 2.75) is 58.4 Å². The molecule has 306 valence electrons. The molecule has 0 aliphatic heterocycles. The summed E-state index contributed by atoms with van der Waals surface area (Å²) >= 11 is 0. The molecular formula is C60H56N2. The van der Waals surface area contributed by atoms with E-state index in [2.05, 4.69) is 233 Å². The van der Waals surface area contributed by atoms with Gasteiger partial charge in [0.1, 0.15) is 0 Å². The fraction of sp³-hybridized carbons (Fsp3) is 0.167. The van der Waals surface area contributed by atoms with Gasteiger partial charge >= 0.3 is 0 Å². The minimum absolute atomic E-state index is 0.0748. The Labute approximate surface area is 369 Å². The van der Waals surface area contributed by atoms with Crippen LogP contribution >= 0.6 is 0 Å². The highest BCUT2D eigenvalue weighted by molar-refractivity contribution is 5.89. The van der Waals surface area contributed by atoms with E-state index in [1.54, 1.807) is 0 Å². The summed E-state index contributed by atoms with van der Waals surface area (Å²) in [6, 6.07) is 53.8. The number of nitrogens with zero attached hydrogens (tertiary/aromatic N) is 1. The predicted molar refractivity (Wildman–Crippen MR) is 268 cm³/mol. The first-order chi connectivity index (χ1) is 30.3. The van der Waals surface area contributed by atoms with Gasteiger partial charge in [0, 0.05) is 34.2 Å². The molecular weight excluding hydrogens is 749 g/mol. The second kappa shape index (κ2) is 17.6. The molecule has 2 atom stereocenters. The second-order valence-electron chi connectivity index (χ2n) is 17.4. The zero-order valence-corrected chi connectivity index (χ0v) is 36.5. The van der Waals surface area contributed by atoms with Crippen molar-refractivity contribution in [1.82, 2.24) is 0 Å². The lowest BCUT2D eigenvalue weighted by Crippen LogP contribution is -2.26. The van der Waals surface area contributed by atoms with Gasteiger partial charge < -0.3 is 10.2 Å². The molecule has 3 aliphatic rings. The van der Waals surface area contributed by atoms with Gasteiger partial charge in [0.2, 0.25) is 0 Å². The molecule has 2 nitrogen and oxygen atoms in total. The molecule has 0 aromatic heterocycles. The number of nitrogens with one attached hydrogen (secondary N) is 1. The van der Waals surface area contributed by atoms with E-state index >= 15 is 0 Å². The van der Waals surface area contributed by atoms with Crippen molar-refractivity contribution in [1.29, 1.82) is 0 Å². The zero-order chi connectivity index (χ0) is 42.6. The van der Waals surface area contributed by atoms with Gasteiger partial charge in [0.25, 0.3) is 0 Å². The monoisotopic (exact) mass is 804 g/mol. The van der Waals surface area contributed by atoms with Crippen LogP contribution in [0.2, 0.25) is 0 Å². The first-order valence-electron chi connectivity index (χ1n) is 22.3. The van der Waals surface area contributed by atoms with Crippen LogP contribution in [0.25, 0.3) is 39.0 Å². The van der Waals surface area contributed by atoms with Crippen molar-refractivity contribution in [3.05, 3.63) is 235 Å². The van der Waals surface area contributed by atoms with Crippen LogP contribution in [-0.2, 0) is 5.41 Å². The molecule has 0 saturated heterocycles. The Morgan fingerprint density at radius 1 is 0.710 bits per heavy atom. The van der Waals surface area contributed by atoms with E-state index in [9.17, 15) is 0 Å². The lowest BCUT2D eigenvalue weighted by atomic mass is 9.77. The fourth-order valence-corrected chi connectivity index (χ4v) is 9.37. The predicted octanol–water partition coefficient (Wildman–Crippen LogP) is 16.5. The van der Waals surface area contributed by atoms with E-state index in [0.717, 1.165) is 42.0 Å². The molecule has 0 radical (unpaired) electrons. The Morgan fingerprint density at radius 2 is 1.32 bits per heavy atom.